The normalized spacial score (nSPS) is 15.7. The van der Waals surface area contributed by atoms with Crippen LogP contribution in [0.5, 0.6) is 0 Å². The average Bonchev–Trinajstić information content (AvgIpc) is 2.57. The first-order valence-electron chi connectivity index (χ1n) is 6.36. The fourth-order valence-electron chi connectivity index (χ4n) is 1.80. The number of nitrogens with one attached hydrogen (secondary N) is 1. The molecule has 0 amide bonds. The molecule has 5 heteroatoms. The molecule has 104 valence electrons. The van der Waals surface area contributed by atoms with Crippen molar-refractivity contribution in [2.45, 2.75) is 58.7 Å². The molecule has 0 fully saturated rings. The van der Waals surface area contributed by atoms with Gasteiger partial charge in [-0.15, -0.1) is 0 Å². The highest BCUT2D eigenvalue weighted by atomic mass is 35.5. The zero-order valence-corrected chi connectivity index (χ0v) is 12.7. The lowest BCUT2D eigenvalue weighted by atomic mass is 9.99. The van der Waals surface area contributed by atoms with E-state index in [2.05, 4.69) is 38.1 Å². The maximum Gasteiger partial charge on any atom is 0.117 e. The van der Waals surface area contributed by atoms with Crippen LogP contribution in [0.3, 0.4) is 0 Å². The summed E-state index contributed by atoms with van der Waals surface area (Å²) in [6, 6.07) is 0. The van der Waals surface area contributed by atoms with E-state index >= 15 is 0 Å². The summed E-state index contributed by atoms with van der Waals surface area (Å²) in [5.74, 6) is 0. The van der Waals surface area contributed by atoms with Crippen molar-refractivity contribution < 1.29 is 5.11 Å². The first-order chi connectivity index (χ1) is 8.17. The Morgan fingerprint density at radius 2 is 2.00 bits per heavy atom. The first kappa shape index (κ1) is 15.5. The van der Waals surface area contributed by atoms with Gasteiger partial charge in [-0.2, -0.15) is 5.10 Å². The standard InChI is InChI=1S/C13H24ClN3O/c1-6-7-17-11(10(14)8-16-17)13(5,18)9-15-12(2,3)4/h8,15,18H,6-7,9H2,1-5H3. The molecule has 0 spiro atoms. The third kappa shape index (κ3) is 3.97. The monoisotopic (exact) mass is 273 g/mol. The van der Waals surface area contributed by atoms with Crippen LogP contribution in [0.4, 0.5) is 0 Å². The molecule has 1 heterocycles. The van der Waals surface area contributed by atoms with Crippen LogP contribution in [0.2, 0.25) is 5.02 Å². The fourth-order valence-corrected chi connectivity index (χ4v) is 2.14. The molecule has 0 saturated carbocycles. The van der Waals surface area contributed by atoms with E-state index in [4.69, 9.17) is 11.6 Å². The summed E-state index contributed by atoms with van der Waals surface area (Å²) >= 11 is 6.14. The Balaban J connectivity index is 2.92. The summed E-state index contributed by atoms with van der Waals surface area (Å²) in [5, 5.41) is 18.6. The molecule has 1 aromatic heterocycles. The summed E-state index contributed by atoms with van der Waals surface area (Å²) in [5.41, 5.74) is -0.398. The predicted molar refractivity (Wildman–Crippen MR) is 74.9 cm³/mol. The van der Waals surface area contributed by atoms with Crippen LogP contribution in [0.1, 0.15) is 46.7 Å². The van der Waals surface area contributed by atoms with E-state index in [0.29, 0.717) is 17.3 Å². The smallest absolute Gasteiger partial charge is 0.117 e. The number of aryl methyl sites for hydroxylation is 1. The molecule has 0 aliphatic heterocycles. The Bertz CT molecular complexity index is 393. The van der Waals surface area contributed by atoms with E-state index in [-0.39, 0.29) is 5.54 Å². The van der Waals surface area contributed by atoms with E-state index in [0.717, 1.165) is 13.0 Å². The number of halogens is 1. The van der Waals surface area contributed by atoms with Gasteiger partial charge in [-0.25, -0.2) is 0 Å². The maximum atomic E-state index is 10.6. The molecule has 0 bridgehead atoms. The van der Waals surface area contributed by atoms with E-state index in [1.54, 1.807) is 17.8 Å². The zero-order chi connectivity index (χ0) is 14.0. The number of hydrogen-bond donors (Lipinski definition) is 2. The summed E-state index contributed by atoms with van der Waals surface area (Å²) in [6.07, 6.45) is 2.55. The SMILES string of the molecule is CCCn1ncc(Cl)c1C(C)(O)CNC(C)(C)C. The van der Waals surface area contributed by atoms with Crippen LogP contribution < -0.4 is 5.32 Å². The molecule has 2 N–H and O–H groups in total. The Morgan fingerprint density at radius 3 is 2.50 bits per heavy atom. The lowest BCUT2D eigenvalue weighted by molar-refractivity contribution is 0.0410. The third-order valence-corrected chi connectivity index (χ3v) is 2.98. The molecule has 4 nitrogen and oxygen atoms in total. The molecule has 1 unspecified atom stereocenters. The van der Waals surface area contributed by atoms with Gasteiger partial charge in [-0.05, 0) is 34.1 Å². The molecule has 0 aliphatic carbocycles. The molecule has 18 heavy (non-hydrogen) atoms. The number of aliphatic hydroxyl groups is 1. The quantitative estimate of drug-likeness (QED) is 0.867. The van der Waals surface area contributed by atoms with Gasteiger partial charge < -0.3 is 10.4 Å². The van der Waals surface area contributed by atoms with E-state index in [1.807, 2.05) is 0 Å². The Morgan fingerprint density at radius 1 is 1.39 bits per heavy atom. The van der Waals surface area contributed by atoms with Crippen LogP contribution in [0.15, 0.2) is 6.20 Å². The Kier molecular flexibility index (Phi) is 4.81. The number of nitrogens with zero attached hydrogens (tertiary/aromatic N) is 2. The molecule has 0 radical (unpaired) electrons. The Labute approximate surface area is 114 Å². The van der Waals surface area contributed by atoms with E-state index in [1.165, 1.54) is 0 Å². The molecular formula is C13H24ClN3O. The molecule has 1 atom stereocenters. The second-order valence-corrected chi connectivity index (χ2v) is 6.35. The summed E-state index contributed by atoms with van der Waals surface area (Å²) < 4.78 is 1.78. The molecule has 1 aromatic rings. The van der Waals surface area contributed by atoms with Crippen LogP contribution in [0.25, 0.3) is 0 Å². The second-order valence-electron chi connectivity index (χ2n) is 5.94. The van der Waals surface area contributed by atoms with Crippen molar-refractivity contribution in [3.8, 4) is 0 Å². The van der Waals surface area contributed by atoms with Gasteiger partial charge in [-0.3, -0.25) is 4.68 Å². The molecule has 0 aliphatic rings. The minimum Gasteiger partial charge on any atom is -0.382 e. The highest BCUT2D eigenvalue weighted by molar-refractivity contribution is 6.31. The number of aromatic nitrogens is 2. The maximum absolute atomic E-state index is 10.6. The van der Waals surface area contributed by atoms with Gasteiger partial charge >= 0.3 is 0 Å². The molecule has 0 saturated heterocycles. The molecule has 0 aromatic carbocycles. The van der Waals surface area contributed by atoms with Gasteiger partial charge in [0, 0.05) is 18.6 Å². The van der Waals surface area contributed by atoms with Gasteiger partial charge in [0.05, 0.1) is 16.9 Å². The number of hydrogen-bond acceptors (Lipinski definition) is 3. The highest BCUT2D eigenvalue weighted by Crippen LogP contribution is 2.28. The molecule has 1 rings (SSSR count). The van der Waals surface area contributed by atoms with Crippen molar-refractivity contribution in [2.24, 2.45) is 0 Å². The van der Waals surface area contributed by atoms with Crippen molar-refractivity contribution in [3.05, 3.63) is 16.9 Å². The minimum absolute atomic E-state index is 0.0495. The van der Waals surface area contributed by atoms with Gasteiger partial charge in [0.15, 0.2) is 0 Å². The van der Waals surface area contributed by atoms with Crippen molar-refractivity contribution in [1.82, 2.24) is 15.1 Å². The topological polar surface area (TPSA) is 50.1 Å². The van der Waals surface area contributed by atoms with Crippen LogP contribution in [-0.2, 0) is 12.1 Å². The predicted octanol–water partition coefficient (Wildman–Crippen LogP) is 2.54. The van der Waals surface area contributed by atoms with Crippen LogP contribution in [-0.4, -0.2) is 27.0 Å². The van der Waals surface area contributed by atoms with Crippen molar-refractivity contribution in [3.63, 3.8) is 0 Å². The molecular weight excluding hydrogens is 250 g/mol. The van der Waals surface area contributed by atoms with Crippen molar-refractivity contribution >= 4 is 11.6 Å². The summed E-state index contributed by atoms with van der Waals surface area (Å²) in [4.78, 5) is 0. The van der Waals surface area contributed by atoms with E-state index in [9.17, 15) is 5.11 Å². The zero-order valence-electron chi connectivity index (χ0n) is 11.9. The average molecular weight is 274 g/mol. The van der Waals surface area contributed by atoms with Crippen LogP contribution in [0, 0.1) is 0 Å². The number of rotatable bonds is 5. The van der Waals surface area contributed by atoms with Crippen molar-refractivity contribution in [1.29, 1.82) is 0 Å². The van der Waals surface area contributed by atoms with E-state index < -0.39 is 5.60 Å². The largest absolute Gasteiger partial charge is 0.382 e. The third-order valence-electron chi connectivity index (χ3n) is 2.70. The number of β-amino-alcohol motifs (C(OH)–C–C–N with tert-alkyl or cyclic N) is 1. The fraction of sp³-hybridized carbons (Fsp3) is 0.769. The van der Waals surface area contributed by atoms with Gasteiger partial charge in [0.2, 0.25) is 0 Å². The van der Waals surface area contributed by atoms with Crippen LogP contribution >= 0.6 is 11.6 Å². The van der Waals surface area contributed by atoms with Gasteiger partial charge in [0.1, 0.15) is 5.60 Å². The Hall–Kier alpha value is -0.580. The lowest BCUT2D eigenvalue weighted by Gasteiger charge is -2.30. The van der Waals surface area contributed by atoms with Crippen molar-refractivity contribution in [2.75, 3.05) is 6.54 Å². The first-order valence-corrected chi connectivity index (χ1v) is 6.74. The minimum atomic E-state index is -1.03. The van der Waals surface area contributed by atoms with Gasteiger partial charge in [-0.1, -0.05) is 18.5 Å². The van der Waals surface area contributed by atoms with Gasteiger partial charge in [0.25, 0.3) is 0 Å². The second kappa shape index (κ2) is 5.59. The summed E-state index contributed by atoms with van der Waals surface area (Å²) in [7, 11) is 0. The lowest BCUT2D eigenvalue weighted by Crippen LogP contribution is -2.45. The summed E-state index contributed by atoms with van der Waals surface area (Å²) in [6.45, 7) is 11.2. The highest BCUT2D eigenvalue weighted by Gasteiger charge is 2.31.